The molecule has 1 aliphatic rings. The van der Waals surface area contributed by atoms with Crippen molar-refractivity contribution in [1.29, 1.82) is 0 Å². The molecule has 3 rings (SSSR count). The molecule has 0 unspecified atom stereocenters. The van der Waals surface area contributed by atoms with Crippen LogP contribution in [0.4, 0.5) is 11.4 Å². The standard InChI is InChI=1S/C15H15Cl2N3/c16-13-10-18-11-14(17)15(13)20-8-6-19(7-9-20)12-4-2-1-3-5-12/h1-5,10-11H,6-9H2. The molecule has 0 N–H and O–H groups in total. The van der Waals surface area contributed by atoms with E-state index < -0.39 is 0 Å². The second-order valence-corrected chi connectivity index (χ2v) is 5.58. The third-order valence-corrected chi connectivity index (χ3v) is 4.10. The first kappa shape index (κ1) is 13.5. The first-order chi connectivity index (χ1) is 9.75. The van der Waals surface area contributed by atoms with E-state index in [1.165, 1.54) is 5.69 Å². The largest absolute Gasteiger partial charge is 0.368 e. The van der Waals surface area contributed by atoms with Crippen LogP contribution in [-0.2, 0) is 0 Å². The van der Waals surface area contributed by atoms with Gasteiger partial charge >= 0.3 is 0 Å². The number of piperazine rings is 1. The highest BCUT2D eigenvalue weighted by Crippen LogP contribution is 2.33. The van der Waals surface area contributed by atoms with E-state index in [4.69, 9.17) is 23.2 Å². The minimum atomic E-state index is 0.616. The van der Waals surface area contributed by atoms with Crippen LogP contribution < -0.4 is 9.80 Å². The highest BCUT2D eigenvalue weighted by molar-refractivity contribution is 6.38. The van der Waals surface area contributed by atoms with E-state index in [0.29, 0.717) is 10.0 Å². The van der Waals surface area contributed by atoms with E-state index in [1.807, 2.05) is 6.07 Å². The van der Waals surface area contributed by atoms with Crippen LogP contribution in [0, 0.1) is 0 Å². The smallest absolute Gasteiger partial charge is 0.0838 e. The first-order valence-corrected chi connectivity index (χ1v) is 7.35. The summed E-state index contributed by atoms with van der Waals surface area (Å²) in [5.41, 5.74) is 2.16. The van der Waals surface area contributed by atoms with Crippen LogP contribution in [-0.4, -0.2) is 31.2 Å². The Kier molecular flexibility index (Phi) is 3.99. The lowest BCUT2D eigenvalue weighted by Crippen LogP contribution is -2.46. The molecule has 3 nitrogen and oxygen atoms in total. The number of para-hydroxylation sites is 1. The zero-order chi connectivity index (χ0) is 13.9. The van der Waals surface area contributed by atoms with Gasteiger partial charge in [0.05, 0.1) is 15.7 Å². The minimum Gasteiger partial charge on any atom is -0.368 e. The summed E-state index contributed by atoms with van der Waals surface area (Å²) >= 11 is 12.4. The van der Waals surface area contributed by atoms with Crippen LogP contribution in [0.2, 0.25) is 10.0 Å². The molecule has 1 saturated heterocycles. The number of hydrogen-bond acceptors (Lipinski definition) is 3. The summed E-state index contributed by atoms with van der Waals surface area (Å²) in [4.78, 5) is 8.60. The maximum absolute atomic E-state index is 6.21. The summed E-state index contributed by atoms with van der Waals surface area (Å²) in [6.07, 6.45) is 3.29. The van der Waals surface area contributed by atoms with Crippen LogP contribution in [0.3, 0.4) is 0 Å². The normalized spacial score (nSPS) is 15.5. The summed E-state index contributed by atoms with van der Waals surface area (Å²) in [6, 6.07) is 10.5. The van der Waals surface area contributed by atoms with Gasteiger partial charge in [0.1, 0.15) is 0 Å². The van der Waals surface area contributed by atoms with Gasteiger partial charge in [-0.15, -0.1) is 0 Å². The Labute approximate surface area is 128 Å². The van der Waals surface area contributed by atoms with Crippen LogP contribution in [0.1, 0.15) is 0 Å². The number of hydrogen-bond donors (Lipinski definition) is 0. The zero-order valence-corrected chi connectivity index (χ0v) is 12.5. The third kappa shape index (κ3) is 2.69. The molecule has 0 bridgehead atoms. The molecule has 1 aromatic heterocycles. The highest BCUT2D eigenvalue weighted by Gasteiger charge is 2.21. The lowest BCUT2D eigenvalue weighted by molar-refractivity contribution is 0.653. The molecule has 0 spiro atoms. The number of pyridine rings is 1. The average Bonchev–Trinajstić information content (AvgIpc) is 2.49. The Morgan fingerprint density at radius 1 is 0.800 bits per heavy atom. The molecule has 1 aliphatic heterocycles. The van der Waals surface area contributed by atoms with Crippen molar-refractivity contribution in [3.8, 4) is 0 Å². The van der Waals surface area contributed by atoms with E-state index >= 15 is 0 Å². The molecule has 0 amide bonds. The molecule has 104 valence electrons. The van der Waals surface area contributed by atoms with Crippen LogP contribution >= 0.6 is 23.2 Å². The summed E-state index contributed by atoms with van der Waals surface area (Å²) in [7, 11) is 0. The number of nitrogens with zero attached hydrogens (tertiary/aromatic N) is 3. The molecule has 5 heteroatoms. The van der Waals surface area contributed by atoms with Gasteiger partial charge in [-0.1, -0.05) is 41.4 Å². The van der Waals surface area contributed by atoms with Crippen molar-refractivity contribution in [2.24, 2.45) is 0 Å². The summed E-state index contributed by atoms with van der Waals surface area (Å²) in [5.74, 6) is 0. The Morgan fingerprint density at radius 2 is 1.35 bits per heavy atom. The van der Waals surface area contributed by atoms with Crippen molar-refractivity contribution >= 4 is 34.6 Å². The molecular weight excluding hydrogens is 293 g/mol. The fourth-order valence-corrected chi connectivity index (χ4v) is 3.14. The molecule has 1 fully saturated rings. The van der Waals surface area contributed by atoms with Gasteiger partial charge in [-0.2, -0.15) is 0 Å². The Balaban J connectivity index is 1.73. The lowest BCUT2D eigenvalue weighted by atomic mass is 10.2. The topological polar surface area (TPSA) is 19.4 Å². The van der Waals surface area contributed by atoms with Crippen LogP contribution in [0.25, 0.3) is 0 Å². The van der Waals surface area contributed by atoms with Gasteiger partial charge in [-0.25, -0.2) is 0 Å². The van der Waals surface area contributed by atoms with Gasteiger partial charge in [0.2, 0.25) is 0 Å². The first-order valence-electron chi connectivity index (χ1n) is 6.59. The fourth-order valence-electron chi connectivity index (χ4n) is 2.53. The quantitative estimate of drug-likeness (QED) is 0.843. The van der Waals surface area contributed by atoms with Gasteiger partial charge in [0, 0.05) is 44.3 Å². The van der Waals surface area contributed by atoms with E-state index in [-0.39, 0.29) is 0 Å². The van der Waals surface area contributed by atoms with E-state index in [0.717, 1.165) is 31.9 Å². The van der Waals surface area contributed by atoms with E-state index in [1.54, 1.807) is 12.4 Å². The Morgan fingerprint density at radius 3 is 1.95 bits per heavy atom. The molecule has 0 aliphatic carbocycles. The molecule has 1 aromatic carbocycles. The number of anilines is 2. The monoisotopic (exact) mass is 307 g/mol. The molecule has 0 atom stereocenters. The van der Waals surface area contributed by atoms with Crippen molar-refractivity contribution in [2.45, 2.75) is 0 Å². The second-order valence-electron chi connectivity index (χ2n) is 4.76. The van der Waals surface area contributed by atoms with Crippen LogP contribution in [0.15, 0.2) is 42.7 Å². The van der Waals surface area contributed by atoms with Crippen molar-refractivity contribution in [3.63, 3.8) is 0 Å². The number of aromatic nitrogens is 1. The van der Waals surface area contributed by atoms with Gasteiger partial charge in [0.15, 0.2) is 0 Å². The third-order valence-electron chi connectivity index (χ3n) is 3.55. The Bertz CT molecular complexity index is 561. The fraction of sp³-hybridized carbons (Fsp3) is 0.267. The maximum atomic E-state index is 6.21. The molecule has 2 aromatic rings. The minimum absolute atomic E-state index is 0.616. The lowest BCUT2D eigenvalue weighted by Gasteiger charge is -2.37. The maximum Gasteiger partial charge on any atom is 0.0838 e. The molecule has 2 heterocycles. The molecule has 0 saturated carbocycles. The predicted molar refractivity (Wildman–Crippen MR) is 85.1 cm³/mol. The van der Waals surface area contributed by atoms with Gasteiger partial charge < -0.3 is 9.80 Å². The van der Waals surface area contributed by atoms with E-state index in [2.05, 4.69) is 39.0 Å². The summed E-state index contributed by atoms with van der Waals surface area (Å²) in [5, 5.41) is 1.23. The number of halogens is 2. The highest BCUT2D eigenvalue weighted by atomic mass is 35.5. The van der Waals surface area contributed by atoms with Crippen molar-refractivity contribution in [2.75, 3.05) is 36.0 Å². The van der Waals surface area contributed by atoms with Gasteiger partial charge in [-0.3, -0.25) is 4.98 Å². The summed E-state index contributed by atoms with van der Waals surface area (Å²) < 4.78 is 0. The van der Waals surface area contributed by atoms with Crippen molar-refractivity contribution < 1.29 is 0 Å². The molecule has 20 heavy (non-hydrogen) atoms. The average molecular weight is 308 g/mol. The van der Waals surface area contributed by atoms with Crippen molar-refractivity contribution in [1.82, 2.24) is 4.98 Å². The molecular formula is C15H15Cl2N3. The summed E-state index contributed by atoms with van der Waals surface area (Å²) in [6.45, 7) is 3.72. The SMILES string of the molecule is Clc1cncc(Cl)c1N1CCN(c2ccccc2)CC1. The zero-order valence-electron chi connectivity index (χ0n) is 11.0. The van der Waals surface area contributed by atoms with Crippen molar-refractivity contribution in [3.05, 3.63) is 52.8 Å². The number of rotatable bonds is 2. The van der Waals surface area contributed by atoms with E-state index in [9.17, 15) is 0 Å². The predicted octanol–water partition coefficient (Wildman–Crippen LogP) is 3.72. The van der Waals surface area contributed by atoms with Gasteiger partial charge in [-0.05, 0) is 12.1 Å². The second kappa shape index (κ2) is 5.90. The Hall–Kier alpha value is -1.45. The molecule has 0 radical (unpaired) electrons. The number of benzene rings is 1. The van der Waals surface area contributed by atoms with Gasteiger partial charge in [0.25, 0.3) is 0 Å². The van der Waals surface area contributed by atoms with Crippen LogP contribution in [0.5, 0.6) is 0 Å².